The Labute approximate surface area is 142 Å². The third-order valence-corrected chi connectivity index (χ3v) is 3.66. The van der Waals surface area contributed by atoms with E-state index in [9.17, 15) is 4.39 Å². The molecular formula is C14H16BrFN4OS. The Bertz CT molecular complexity index is 650. The zero-order chi connectivity index (χ0) is 15.9. The zero-order valence-corrected chi connectivity index (χ0v) is 14.4. The van der Waals surface area contributed by atoms with E-state index in [0.717, 1.165) is 4.47 Å². The topological polar surface area (TPSA) is 51.1 Å². The van der Waals surface area contributed by atoms with Crippen molar-refractivity contribution in [2.75, 3.05) is 25.6 Å². The minimum Gasteiger partial charge on any atom is -0.383 e. The number of hydrogen-bond donors (Lipinski definition) is 2. The Morgan fingerprint density at radius 3 is 2.95 bits per heavy atom. The molecule has 0 unspecified atom stereocenters. The van der Waals surface area contributed by atoms with Crippen molar-refractivity contribution in [3.05, 3.63) is 46.3 Å². The lowest BCUT2D eigenvalue weighted by atomic mass is 10.2. The fourth-order valence-corrected chi connectivity index (χ4v) is 2.40. The number of nitrogens with one attached hydrogen (secondary N) is 2. The molecular weight excluding hydrogens is 371 g/mol. The standard InChI is InChI=1S/C14H16BrFN4OS/c1-21-7-6-17-14(22)18-13-11(15)9-20(19-13)8-10-4-2-3-5-12(10)16/h2-5,9H,6-8H2,1H3,(H2,17,18,19,22). The molecule has 0 atom stereocenters. The van der Waals surface area contributed by atoms with Crippen LogP contribution in [0, 0.1) is 5.82 Å². The number of ether oxygens (including phenoxy) is 1. The summed E-state index contributed by atoms with van der Waals surface area (Å²) in [5, 5.41) is 10.8. The van der Waals surface area contributed by atoms with Crippen LogP contribution in [-0.4, -0.2) is 35.2 Å². The molecule has 5 nitrogen and oxygen atoms in total. The largest absolute Gasteiger partial charge is 0.383 e. The molecule has 8 heteroatoms. The first-order valence-electron chi connectivity index (χ1n) is 6.60. The van der Waals surface area contributed by atoms with Crippen molar-refractivity contribution < 1.29 is 9.13 Å². The molecule has 22 heavy (non-hydrogen) atoms. The Morgan fingerprint density at radius 2 is 2.23 bits per heavy atom. The maximum Gasteiger partial charge on any atom is 0.172 e. The Morgan fingerprint density at radius 1 is 1.45 bits per heavy atom. The average molecular weight is 387 g/mol. The Kier molecular flexibility index (Phi) is 6.29. The molecule has 0 bridgehead atoms. The van der Waals surface area contributed by atoms with Crippen LogP contribution in [0.5, 0.6) is 0 Å². The minimum absolute atomic E-state index is 0.250. The number of nitrogens with zero attached hydrogens (tertiary/aromatic N) is 2. The van der Waals surface area contributed by atoms with Gasteiger partial charge in [0.05, 0.1) is 17.6 Å². The van der Waals surface area contributed by atoms with Gasteiger partial charge in [-0.3, -0.25) is 4.68 Å². The smallest absolute Gasteiger partial charge is 0.172 e. The number of benzene rings is 1. The first-order valence-corrected chi connectivity index (χ1v) is 7.80. The zero-order valence-electron chi connectivity index (χ0n) is 12.0. The molecule has 0 radical (unpaired) electrons. The second-order valence-electron chi connectivity index (χ2n) is 4.49. The number of thiocarbonyl (C=S) groups is 1. The molecule has 0 amide bonds. The van der Waals surface area contributed by atoms with Crippen molar-refractivity contribution in [1.29, 1.82) is 0 Å². The summed E-state index contributed by atoms with van der Waals surface area (Å²) in [6.45, 7) is 1.51. The summed E-state index contributed by atoms with van der Waals surface area (Å²) in [7, 11) is 1.62. The summed E-state index contributed by atoms with van der Waals surface area (Å²) < 4.78 is 21.0. The molecule has 0 aliphatic heterocycles. The molecule has 1 heterocycles. The van der Waals surface area contributed by atoms with Crippen molar-refractivity contribution in [2.24, 2.45) is 0 Å². The highest BCUT2D eigenvalue weighted by atomic mass is 79.9. The SMILES string of the molecule is COCCNC(=S)Nc1nn(Cc2ccccc2F)cc1Br. The fraction of sp³-hybridized carbons (Fsp3) is 0.286. The molecule has 0 fully saturated rings. The van der Waals surface area contributed by atoms with Gasteiger partial charge in [-0.05, 0) is 34.2 Å². The van der Waals surface area contributed by atoms with Gasteiger partial charge in [-0.1, -0.05) is 18.2 Å². The highest BCUT2D eigenvalue weighted by molar-refractivity contribution is 9.10. The van der Waals surface area contributed by atoms with E-state index in [0.29, 0.717) is 36.2 Å². The molecule has 0 saturated carbocycles. The van der Waals surface area contributed by atoms with E-state index >= 15 is 0 Å². The molecule has 0 saturated heterocycles. The van der Waals surface area contributed by atoms with Crippen LogP contribution in [0.15, 0.2) is 34.9 Å². The van der Waals surface area contributed by atoms with Gasteiger partial charge in [-0.2, -0.15) is 5.10 Å². The van der Waals surface area contributed by atoms with E-state index in [1.54, 1.807) is 36.2 Å². The van der Waals surface area contributed by atoms with Gasteiger partial charge < -0.3 is 15.4 Å². The first-order chi connectivity index (χ1) is 10.6. The summed E-state index contributed by atoms with van der Waals surface area (Å²) >= 11 is 8.57. The predicted molar refractivity (Wildman–Crippen MR) is 91.5 cm³/mol. The van der Waals surface area contributed by atoms with Crippen LogP contribution in [0.1, 0.15) is 5.56 Å². The van der Waals surface area contributed by atoms with Gasteiger partial charge >= 0.3 is 0 Å². The van der Waals surface area contributed by atoms with E-state index in [-0.39, 0.29) is 5.82 Å². The lowest BCUT2D eigenvalue weighted by Gasteiger charge is -2.08. The van der Waals surface area contributed by atoms with Crippen LogP contribution in [0.3, 0.4) is 0 Å². The summed E-state index contributed by atoms with van der Waals surface area (Å²) in [6.07, 6.45) is 1.77. The van der Waals surface area contributed by atoms with Gasteiger partial charge in [0.25, 0.3) is 0 Å². The van der Waals surface area contributed by atoms with Crippen molar-refractivity contribution >= 4 is 39.1 Å². The lowest BCUT2D eigenvalue weighted by molar-refractivity contribution is 0.204. The monoisotopic (exact) mass is 386 g/mol. The van der Waals surface area contributed by atoms with Crippen LogP contribution in [0.2, 0.25) is 0 Å². The van der Waals surface area contributed by atoms with Gasteiger partial charge in [0.1, 0.15) is 5.82 Å². The number of aromatic nitrogens is 2. The van der Waals surface area contributed by atoms with E-state index < -0.39 is 0 Å². The molecule has 0 aliphatic rings. The highest BCUT2D eigenvalue weighted by Crippen LogP contribution is 2.21. The van der Waals surface area contributed by atoms with Crippen molar-refractivity contribution in [1.82, 2.24) is 15.1 Å². The third-order valence-electron chi connectivity index (χ3n) is 2.83. The number of halogens is 2. The fourth-order valence-electron chi connectivity index (χ4n) is 1.78. The van der Waals surface area contributed by atoms with Gasteiger partial charge in [0.2, 0.25) is 0 Å². The molecule has 1 aromatic heterocycles. The van der Waals surface area contributed by atoms with Gasteiger partial charge in [0, 0.05) is 25.4 Å². The second kappa shape index (κ2) is 8.21. The number of rotatable bonds is 6. The van der Waals surface area contributed by atoms with Gasteiger partial charge in [-0.25, -0.2) is 4.39 Å². The molecule has 2 rings (SSSR count). The summed E-state index contributed by atoms with van der Waals surface area (Å²) in [5.41, 5.74) is 0.574. The molecule has 2 aromatic rings. The van der Waals surface area contributed by atoms with Crippen LogP contribution < -0.4 is 10.6 Å². The first kappa shape index (κ1) is 16.9. The van der Waals surface area contributed by atoms with Gasteiger partial charge in [-0.15, -0.1) is 0 Å². The summed E-state index contributed by atoms with van der Waals surface area (Å²) in [6, 6.07) is 6.62. The van der Waals surface area contributed by atoms with E-state index in [2.05, 4.69) is 31.7 Å². The maximum atomic E-state index is 13.7. The average Bonchev–Trinajstić information content (AvgIpc) is 2.81. The second-order valence-corrected chi connectivity index (χ2v) is 5.75. The molecule has 0 aliphatic carbocycles. The third kappa shape index (κ3) is 4.75. The van der Waals surface area contributed by atoms with Crippen molar-refractivity contribution in [3.8, 4) is 0 Å². The van der Waals surface area contributed by atoms with Crippen LogP contribution in [0.25, 0.3) is 0 Å². The molecule has 2 N–H and O–H groups in total. The van der Waals surface area contributed by atoms with E-state index in [1.165, 1.54) is 6.07 Å². The maximum absolute atomic E-state index is 13.7. The molecule has 118 valence electrons. The van der Waals surface area contributed by atoms with Crippen LogP contribution in [-0.2, 0) is 11.3 Å². The summed E-state index contributed by atoms with van der Waals surface area (Å²) in [5.74, 6) is 0.326. The normalized spacial score (nSPS) is 10.5. The number of methoxy groups -OCH3 is 1. The van der Waals surface area contributed by atoms with E-state index in [4.69, 9.17) is 17.0 Å². The van der Waals surface area contributed by atoms with Crippen LogP contribution >= 0.6 is 28.1 Å². The van der Waals surface area contributed by atoms with E-state index in [1.807, 2.05) is 0 Å². The highest BCUT2D eigenvalue weighted by Gasteiger charge is 2.09. The van der Waals surface area contributed by atoms with Crippen LogP contribution in [0.4, 0.5) is 10.2 Å². The quantitative estimate of drug-likeness (QED) is 0.590. The summed E-state index contributed by atoms with van der Waals surface area (Å²) in [4.78, 5) is 0. The number of anilines is 1. The van der Waals surface area contributed by atoms with Crippen molar-refractivity contribution in [2.45, 2.75) is 6.54 Å². The lowest BCUT2D eigenvalue weighted by Crippen LogP contribution is -2.31. The molecule has 0 spiro atoms. The van der Waals surface area contributed by atoms with Crippen molar-refractivity contribution in [3.63, 3.8) is 0 Å². The Hall–Kier alpha value is -1.51. The number of hydrogen-bond acceptors (Lipinski definition) is 3. The minimum atomic E-state index is -0.250. The molecule has 1 aromatic carbocycles. The van der Waals surface area contributed by atoms with Gasteiger partial charge in [0.15, 0.2) is 10.9 Å². The Balaban J connectivity index is 1.99. The predicted octanol–water partition coefficient (Wildman–Crippen LogP) is 2.77.